The van der Waals surface area contributed by atoms with E-state index in [1.165, 1.54) is 0 Å². The van der Waals surface area contributed by atoms with Crippen LogP contribution in [0.5, 0.6) is 5.75 Å². The topological polar surface area (TPSA) is 35.5 Å². The van der Waals surface area contributed by atoms with Crippen LogP contribution in [-0.4, -0.2) is 25.4 Å². The lowest BCUT2D eigenvalue weighted by atomic mass is 10.1. The van der Waals surface area contributed by atoms with Gasteiger partial charge in [0.2, 0.25) is 0 Å². The fraction of sp³-hybridized carbons (Fsp3) is 0.150. The number of benzene rings is 3. The average Bonchev–Trinajstić information content (AvgIpc) is 2.65. The van der Waals surface area contributed by atoms with E-state index >= 15 is 0 Å². The van der Waals surface area contributed by atoms with Gasteiger partial charge in [0.15, 0.2) is 0 Å². The van der Waals surface area contributed by atoms with Gasteiger partial charge in [-0.25, -0.2) is 4.79 Å². The molecule has 0 fully saturated rings. The summed E-state index contributed by atoms with van der Waals surface area (Å²) in [5, 5.41) is 2.71. The number of fused-ring (bicyclic) bond motifs is 1. The molecule has 3 nitrogen and oxygen atoms in total. The Bertz CT molecular complexity index is 878. The maximum absolute atomic E-state index is 12.4. The summed E-state index contributed by atoms with van der Waals surface area (Å²) >= 11 is 7.47. The number of carbonyl (C=O) groups excluding carboxylic acids is 1. The minimum absolute atomic E-state index is 0.322. The molecule has 0 saturated heterocycles. The van der Waals surface area contributed by atoms with Crippen LogP contribution in [0.15, 0.2) is 65.6 Å². The average molecular weight is 373 g/mol. The van der Waals surface area contributed by atoms with Gasteiger partial charge >= 0.3 is 5.97 Å². The highest BCUT2D eigenvalue weighted by atomic mass is 35.5. The van der Waals surface area contributed by atoms with Crippen molar-refractivity contribution in [2.24, 2.45) is 0 Å². The van der Waals surface area contributed by atoms with E-state index in [-0.39, 0.29) is 5.97 Å². The lowest BCUT2D eigenvalue weighted by Crippen LogP contribution is -2.09. The van der Waals surface area contributed by atoms with Gasteiger partial charge in [0.1, 0.15) is 17.9 Å². The van der Waals surface area contributed by atoms with E-state index in [1.54, 1.807) is 18.9 Å². The standard InChI is InChI=1S/C20H17ClO3S/c1-23-19-13-15-5-3-2-4-14(15)12-18(19)20(22)24-10-11-25-17-8-6-16(21)7-9-17/h2-9,12-13H,10-11H2,1H3. The zero-order chi connectivity index (χ0) is 17.6. The van der Waals surface area contributed by atoms with E-state index in [0.29, 0.717) is 28.7 Å². The summed E-state index contributed by atoms with van der Waals surface area (Å²) < 4.78 is 10.7. The van der Waals surface area contributed by atoms with Crippen molar-refractivity contribution in [3.8, 4) is 5.75 Å². The number of rotatable bonds is 6. The van der Waals surface area contributed by atoms with Gasteiger partial charge in [-0.1, -0.05) is 35.9 Å². The minimum atomic E-state index is -0.376. The zero-order valence-corrected chi connectivity index (χ0v) is 15.3. The molecule has 0 aromatic heterocycles. The molecule has 3 rings (SSSR count). The summed E-state index contributed by atoms with van der Waals surface area (Å²) in [7, 11) is 1.55. The quantitative estimate of drug-likeness (QED) is 0.327. The Kier molecular flexibility index (Phi) is 5.84. The van der Waals surface area contributed by atoms with Gasteiger partial charge in [-0.2, -0.15) is 0 Å². The van der Waals surface area contributed by atoms with E-state index in [0.717, 1.165) is 15.7 Å². The number of hydrogen-bond donors (Lipinski definition) is 0. The number of esters is 1. The predicted molar refractivity (Wildman–Crippen MR) is 103 cm³/mol. The van der Waals surface area contributed by atoms with Crippen LogP contribution in [-0.2, 0) is 4.74 Å². The molecule has 0 aliphatic heterocycles. The van der Waals surface area contributed by atoms with Crippen LogP contribution in [0.1, 0.15) is 10.4 Å². The van der Waals surface area contributed by atoms with Crippen LogP contribution in [0.2, 0.25) is 5.02 Å². The highest BCUT2D eigenvalue weighted by Gasteiger charge is 2.15. The van der Waals surface area contributed by atoms with E-state index in [4.69, 9.17) is 21.1 Å². The molecule has 0 unspecified atom stereocenters. The van der Waals surface area contributed by atoms with Crippen molar-refractivity contribution in [3.63, 3.8) is 0 Å². The molecule has 128 valence electrons. The second-order valence-electron chi connectivity index (χ2n) is 5.34. The third-order valence-corrected chi connectivity index (χ3v) is 4.91. The fourth-order valence-electron chi connectivity index (χ4n) is 2.45. The third kappa shape index (κ3) is 4.47. The molecule has 0 spiro atoms. The van der Waals surface area contributed by atoms with Crippen LogP contribution < -0.4 is 4.74 Å². The molecule has 0 atom stereocenters. The van der Waals surface area contributed by atoms with Crippen LogP contribution in [0.3, 0.4) is 0 Å². The van der Waals surface area contributed by atoms with Crippen molar-refractivity contribution in [2.45, 2.75) is 4.90 Å². The Morgan fingerprint density at radius 3 is 2.40 bits per heavy atom. The smallest absolute Gasteiger partial charge is 0.341 e. The van der Waals surface area contributed by atoms with Gasteiger partial charge in [-0.3, -0.25) is 0 Å². The molecule has 0 aliphatic carbocycles. The Labute approximate surface area is 155 Å². The van der Waals surface area contributed by atoms with Crippen molar-refractivity contribution < 1.29 is 14.3 Å². The monoisotopic (exact) mass is 372 g/mol. The van der Waals surface area contributed by atoms with Gasteiger partial charge in [0.25, 0.3) is 0 Å². The SMILES string of the molecule is COc1cc2ccccc2cc1C(=O)OCCSc1ccc(Cl)cc1. The molecule has 5 heteroatoms. The van der Waals surface area contributed by atoms with Crippen molar-refractivity contribution in [1.82, 2.24) is 0 Å². The molecular weight excluding hydrogens is 356 g/mol. The van der Waals surface area contributed by atoms with E-state index < -0.39 is 0 Å². The largest absolute Gasteiger partial charge is 0.496 e. The maximum atomic E-state index is 12.4. The molecule has 0 N–H and O–H groups in total. The van der Waals surface area contributed by atoms with E-state index in [1.807, 2.05) is 60.7 Å². The van der Waals surface area contributed by atoms with E-state index in [2.05, 4.69) is 0 Å². The van der Waals surface area contributed by atoms with Crippen molar-refractivity contribution in [3.05, 3.63) is 71.2 Å². The number of carbonyl (C=O) groups is 1. The lowest BCUT2D eigenvalue weighted by molar-refractivity contribution is 0.0527. The summed E-state index contributed by atoms with van der Waals surface area (Å²) in [5.74, 6) is 0.817. The summed E-state index contributed by atoms with van der Waals surface area (Å²) in [4.78, 5) is 13.5. The third-order valence-electron chi connectivity index (χ3n) is 3.69. The molecule has 3 aromatic rings. The van der Waals surface area contributed by atoms with E-state index in [9.17, 15) is 4.79 Å². The number of halogens is 1. The highest BCUT2D eigenvalue weighted by molar-refractivity contribution is 7.99. The number of methoxy groups -OCH3 is 1. The van der Waals surface area contributed by atoms with Crippen LogP contribution in [0, 0.1) is 0 Å². The van der Waals surface area contributed by atoms with Crippen molar-refractivity contribution in [2.75, 3.05) is 19.5 Å². The zero-order valence-electron chi connectivity index (χ0n) is 13.7. The molecule has 0 heterocycles. The van der Waals surface area contributed by atoms with Crippen molar-refractivity contribution >= 4 is 40.1 Å². The van der Waals surface area contributed by atoms with Crippen LogP contribution in [0.25, 0.3) is 10.8 Å². The molecule has 25 heavy (non-hydrogen) atoms. The van der Waals surface area contributed by atoms with Gasteiger partial charge in [-0.15, -0.1) is 11.8 Å². The normalized spacial score (nSPS) is 10.6. The summed E-state index contributed by atoms with van der Waals surface area (Å²) in [6.07, 6.45) is 0. The van der Waals surface area contributed by atoms with Crippen molar-refractivity contribution in [1.29, 1.82) is 0 Å². The van der Waals surface area contributed by atoms with Gasteiger partial charge in [0.05, 0.1) is 7.11 Å². The Hall–Kier alpha value is -2.17. The number of hydrogen-bond acceptors (Lipinski definition) is 4. The molecule has 0 aliphatic rings. The van der Waals surface area contributed by atoms with Crippen LogP contribution >= 0.6 is 23.4 Å². The molecule has 0 amide bonds. The Morgan fingerprint density at radius 1 is 1.04 bits per heavy atom. The Morgan fingerprint density at radius 2 is 1.72 bits per heavy atom. The van der Waals surface area contributed by atoms with Crippen LogP contribution in [0.4, 0.5) is 0 Å². The van der Waals surface area contributed by atoms with Gasteiger partial charge < -0.3 is 9.47 Å². The Balaban J connectivity index is 1.62. The highest BCUT2D eigenvalue weighted by Crippen LogP contribution is 2.27. The second-order valence-corrected chi connectivity index (χ2v) is 6.94. The summed E-state index contributed by atoms with van der Waals surface area (Å²) in [6.45, 7) is 0.322. The molecular formula is C20H17ClO3S. The molecule has 0 saturated carbocycles. The first-order valence-corrected chi connectivity index (χ1v) is 9.16. The summed E-state index contributed by atoms with van der Waals surface area (Å²) in [5.41, 5.74) is 0.442. The number of thioether (sulfide) groups is 1. The van der Waals surface area contributed by atoms with Gasteiger partial charge in [0, 0.05) is 15.7 Å². The molecule has 0 radical (unpaired) electrons. The first kappa shape index (κ1) is 17.6. The molecule has 0 bridgehead atoms. The first-order chi connectivity index (χ1) is 12.2. The predicted octanol–water partition coefficient (Wildman–Crippen LogP) is 5.45. The summed E-state index contributed by atoms with van der Waals surface area (Å²) in [6, 6.07) is 19.1. The fourth-order valence-corrected chi connectivity index (χ4v) is 3.31. The maximum Gasteiger partial charge on any atom is 0.341 e. The first-order valence-electron chi connectivity index (χ1n) is 7.79. The second kappa shape index (κ2) is 8.28. The minimum Gasteiger partial charge on any atom is -0.496 e. The lowest BCUT2D eigenvalue weighted by Gasteiger charge is -2.10. The molecule has 3 aromatic carbocycles. The van der Waals surface area contributed by atoms with Gasteiger partial charge in [-0.05, 0) is 47.2 Å². The number of ether oxygens (including phenoxy) is 2.